The fraction of sp³-hybridized carbons (Fsp3) is 0.308. The van der Waals surface area contributed by atoms with Crippen LogP contribution in [0.1, 0.15) is 11.3 Å². The third-order valence-corrected chi connectivity index (χ3v) is 3.33. The number of anilines is 1. The summed E-state index contributed by atoms with van der Waals surface area (Å²) in [5, 5.41) is 6.40. The Bertz CT molecular complexity index is 439. The molecule has 90 valence electrons. The monoisotopic (exact) mass is 247 g/mol. The predicted molar refractivity (Wildman–Crippen MR) is 73.5 cm³/mol. The molecule has 1 heterocycles. The first kappa shape index (κ1) is 12.1. The van der Waals surface area contributed by atoms with Gasteiger partial charge in [-0.2, -0.15) is 0 Å². The highest BCUT2D eigenvalue weighted by molar-refractivity contribution is 7.13. The summed E-state index contributed by atoms with van der Waals surface area (Å²) in [6, 6.07) is 10.5. The fourth-order valence-corrected chi connectivity index (χ4v) is 2.38. The van der Waals surface area contributed by atoms with Crippen molar-refractivity contribution in [1.82, 2.24) is 4.98 Å². The molecule has 3 nitrogen and oxygen atoms in total. The lowest BCUT2D eigenvalue weighted by atomic mass is 10.1. The minimum Gasteiger partial charge on any atom is -0.361 e. The Labute approximate surface area is 106 Å². The number of rotatable bonds is 6. The molecule has 0 aliphatic carbocycles. The summed E-state index contributed by atoms with van der Waals surface area (Å²) in [6.07, 6.45) is 1.88. The van der Waals surface area contributed by atoms with Gasteiger partial charge in [-0.05, 0) is 18.5 Å². The van der Waals surface area contributed by atoms with E-state index in [-0.39, 0.29) is 0 Å². The summed E-state index contributed by atoms with van der Waals surface area (Å²) >= 11 is 1.65. The molecule has 1 aromatic carbocycles. The van der Waals surface area contributed by atoms with Crippen LogP contribution in [0.4, 0.5) is 5.13 Å². The van der Waals surface area contributed by atoms with Gasteiger partial charge in [-0.15, -0.1) is 11.3 Å². The lowest BCUT2D eigenvalue weighted by Gasteiger charge is -2.02. The summed E-state index contributed by atoms with van der Waals surface area (Å²) in [5.74, 6) is 0. The Balaban J connectivity index is 1.78. The number of aromatic nitrogens is 1. The molecule has 0 aliphatic rings. The molecule has 0 bridgehead atoms. The second-order valence-electron chi connectivity index (χ2n) is 3.85. The molecule has 17 heavy (non-hydrogen) atoms. The highest BCUT2D eigenvalue weighted by Crippen LogP contribution is 2.15. The van der Waals surface area contributed by atoms with Crippen molar-refractivity contribution in [2.24, 2.45) is 5.73 Å². The number of hydrogen-bond donors (Lipinski definition) is 2. The molecule has 2 rings (SSSR count). The van der Waals surface area contributed by atoms with Crippen LogP contribution >= 0.6 is 11.3 Å². The van der Waals surface area contributed by atoms with E-state index in [1.165, 1.54) is 5.56 Å². The summed E-state index contributed by atoms with van der Waals surface area (Å²) in [4.78, 5) is 4.46. The molecular weight excluding hydrogens is 230 g/mol. The van der Waals surface area contributed by atoms with Crippen LogP contribution in [-0.4, -0.2) is 18.1 Å². The molecule has 4 heteroatoms. The smallest absolute Gasteiger partial charge is 0.182 e. The summed E-state index contributed by atoms with van der Waals surface area (Å²) in [7, 11) is 0. The van der Waals surface area contributed by atoms with E-state index in [1.54, 1.807) is 11.3 Å². The average Bonchev–Trinajstić information content (AvgIpc) is 2.79. The molecule has 0 saturated carbocycles. The van der Waals surface area contributed by atoms with Gasteiger partial charge in [0.2, 0.25) is 0 Å². The first-order valence-electron chi connectivity index (χ1n) is 5.81. The number of thiazole rings is 1. The van der Waals surface area contributed by atoms with E-state index < -0.39 is 0 Å². The SMILES string of the molecule is NCCc1csc(NCCc2ccccc2)n1. The van der Waals surface area contributed by atoms with Gasteiger partial charge >= 0.3 is 0 Å². The van der Waals surface area contributed by atoms with Crippen LogP contribution in [0.15, 0.2) is 35.7 Å². The minimum atomic E-state index is 0.660. The van der Waals surface area contributed by atoms with Gasteiger partial charge in [0.25, 0.3) is 0 Å². The maximum Gasteiger partial charge on any atom is 0.182 e. The Hall–Kier alpha value is -1.39. The van der Waals surface area contributed by atoms with Crippen LogP contribution in [0.25, 0.3) is 0 Å². The average molecular weight is 247 g/mol. The standard InChI is InChI=1S/C13H17N3S/c14-8-6-12-10-17-13(16-12)15-9-7-11-4-2-1-3-5-11/h1-5,10H,6-9,14H2,(H,15,16). The molecule has 0 spiro atoms. The van der Waals surface area contributed by atoms with Crippen LogP contribution in [0.2, 0.25) is 0 Å². The third kappa shape index (κ3) is 3.84. The van der Waals surface area contributed by atoms with Crippen LogP contribution < -0.4 is 11.1 Å². The molecule has 0 unspecified atom stereocenters. The number of nitrogens with one attached hydrogen (secondary N) is 1. The summed E-state index contributed by atoms with van der Waals surface area (Å²) < 4.78 is 0. The van der Waals surface area contributed by atoms with E-state index in [0.29, 0.717) is 6.54 Å². The zero-order chi connectivity index (χ0) is 11.9. The zero-order valence-corrected chi connectivity index (χ0v) is 10.5. The molecule has 0 saturated heterocycles. The van der Waals surface area contributed by atoms with E-state index in [9.17, 15) is 0 Å². The lowest BCUT2D eigenvalue weighted by molar-refractivity contribution is 0.931. The molecule has 0 amide bonds. The summed E-state index contributed by atoms with van der Waals surface area (Å²) in [5.41, 5.74) is 7.92. The highest BCUT2D eigenvalue weighted by Gasteiger charge is 2.00. The van der Waals surface area contributed by atoms with Crippen LogP contribution in [0.5, 0.6) is 0 Å². The fourth-order valence-electron chi connectivity index (χ4n) is 1.61. The number of nitrogens with two attached hydrogens (primary N) is 1. The molecular formula is C13H17N3S. The Morgan fingerprint density at radius 1 is 1.18 bits per heavy atom. The van der Waals surface area contributed by atoms with E-state index >= 15 is 0 Å². The summed E-state index contributed by atoms with van der Waals surface area (Å²) in [6.45, 7) is 1.58. The van der Waals surface area contributed by atoms with Gasteiger partial charge in [0.05, 0.1) is 5.69 Å². The molecule has 0 radical (unpaired) electrons. The van der Waals surface area contributed by atoms with Crippen molar-refractivity contribution >= 4 is 16.5 Å². The van der Waals surface area contributed by atoms with Crippen LogP contribution in [0, 0.1) is 0 Å². The first-order chi connectivity index (χ1) is 8.38. The van der Waals surface area contributed by atoms with Crippen LogP contribution in [-0.2, 0) is 12.8 Å². The van der Waals surface area contributed by atoms with Gasteiger partial charge in [0.15, 0.2) is 5.13 Å². The normalized spacial score (nSPS) is 10.4. The lowest BCUT2D eigenvalue weighted by Crippen LogP contribution is -2.05. The van der Waals surface area contributed by atoms with Crippen molar-refractivity contribution in [2.45, 2.75) is 12.8 Å². The number of benzene rings is 1. The van der Waals surface area contributed by atoms with E-state index in [1.807, 2.05) is 6.07 Å². The minimum absolute atomic E-state index is 0.660. The van der Waals surface area contributed by atoms with Crippen molar-refractivity contribution in [3.63, 3.8) is 0 Å². The van der Waals surface area contributed by atoms with Gasteiger partial charge in [-0.25, -0.2) is 4.98 Å². The Morgan fingerprint density at radius 2 is 2.00 bits per heavy atom. The molecule has 1 aromatic heterocycles. The van der Waals surface area contributed by atoms with Crippen molar-refractivity contribution in [3.05, 3.63) is 47.0 Å². The number of nitrogens with zero attached hydrogens (tertiary/aromatic N) is 1. The Kier molecular flexibility index (Phi) is 4.53. The van der Waals surface area contributed by atoms with Crippen LogP contribution in [0.3, 0.4) is 0 Å². The Morgan fingerprint density at radius 3 is 2.76 bits per heavy atom. The largest absolute Gasteiger partial charge is 0.361 e. The quantitative estimate of drug-likeness (QED) is 0.823. The van der Waals surface area contributed by atoms with Gasteiger partial charge in [-0.1, -0.05) is 30.3 Å². The number of hydrogen-bond acceptors (Lipinski definition) is 4. The van der Waals surface area contributed by atoms with Gasteiger partial charge < -0.3 is 11.1 Å². The second kappa shape index (κ2) is 6.37. The molecule has 2 aromatic rings. The van der Waals surface area contributed by atoms with E-state index in [0.717, 1.165) is 30.2 Å². The van der Waals surface area contributed by atoms with Crippen molar-refractivity contribution < 1.29 is 0 Å². The molecule has 0 aliphatic heterocycles. The van der Waals surface area contributed by atoms with Gasteiger partial charge in [-0.3, -0.25) is 0 Å². The van der Waals surface area contributed by atoms with Crippen molar-refractivity contribution in [1.29, 1.82) is 0 Å². The van der Waals surface area contributed by atoms with Crippen molar-refractivity contribution in [3.8, 4) is 0 Å². The molecule has 3 N–H and O–H groups in total. The van der Waals surface area contributed by atoms with Crippen molar-refractivity contribution in [2.75, 3.05) is 18.4 Å². The molecule has 0 fully saturated rings. The van der Waals surface area contributed by atoms with Gasteiger partial charge in [0, 0.05) is 18.3 Å². The first-order valence-corrected chi connectivity index (χ1v) is 6.68. The van der Waals surface area contributed by atoms with E-state index in [4.69, 9.17) is 5.73 Å². The zero-order valence-electron chi connectivity index (χ0n) is 9.73. The topological polar surface area (TPSA) is 50.9 Å². The van der Waals surface area contributed by atoms with E-state index in [2.05, 4.69) is 39.9 Å². The molecule has 0 atom stereocenters. The van der Waals surface area contributed by atoms with Gasteiger partial charge in [0.1, 0.15) is 0 Å². The highest BCUT2D eigenvalue weighted by atomic mass is 32.1. The third-order valence-electron chi connectivity index (χ3n) is 2.48. The maximum absolute atomic E-state index is 5.49. The maximum atomic E-state index is 5.49. The second-order valence-corrected chi connectivity index (χ2v) is 4.70. The predicted octanol–water partition coefficient (Wildman–Crippen LogP) is 2.30.